The van der Waals surface area contributed by atoms with Crippen molar-refractivity contribution in [3.8, 4) is 5.75 Å². The van der Waals surface area contributed by atoms with E-state index in [0.29, 0.717) is 25.1 Å². The summed E-state index contributed by atoms with van der Waals surface area (Å²) in [4.78, 5) is 27.2. The molecule has 142 valence electrons. The number of hydrogen-bond acceptors (Lipinski definition) is 3. The standard InChI is InChI=1S/C21H24N2O4/c1-13-8-17(14(2)22(13)3)19(24)23-10-16-11-27-18-7-5-4-6-15(18)9-21(16,12-23)20(25)26/h4-8,16H,9-12H2,1-3H3,(H,25,26)/t16-,21+/m1/s1. The van der Waals surface area contributed by atoms with Gasteiger partial charge in [0, 0.05) is 37.4 Å². The molecule has 1 N–H and O–H groups in total. The zero-order chi connectivity index (χ0) is 19.3. The number of ether oxygens (including phenoxy) is 1. The topological polar surface area (TPSA) is 71.8 Å². The minimum absolute atomic E-state index is 0.0989. The van der Waals surface area contributed by atoms with Crippen molar-refractivity contribution in [2.75, 3.05) is 19.7 Å². The predicted molar refractivity (Wildman–Crippen MR) is 100.0 cm³/mol. The highest BCUT2D eigenvalue weighted by molar-refractivity contribution is 5.96. The molecule has 0 radical (unpaired) electrons. The Labute approximate surface area is 158 Å². The van der Waals surface area contributed by atoms with Crippen LogP contribution >= 0.6 is 0 Å². The summed E-state index contributed by atoms with van der Waals surface area (Å²) in [5, 5.41) is 10.1. The molecular weight excluding hydrogens is 344 g/mol. The zero-order valence-electron chi connectivity index (χ0n) is 15.9. The Balaban J connectivity index is 1.68. The van der Waals surface area contributed by atoms with Crippen molar-refractivity contribution in [3.63, 3.8) is 0 Å². The molecule has 0 bridgehead atoms. The maximum absolute atomic E-state index is 13.2. The Morgan fingerprint density at radius 2 is 2.00 bits per heavy atom. The summed E-state index contributed by atoms with van der Waals surface area (Å²) in [5.74, 6) is -0.446. The van der Waals surface area contributed by atoms with E-state index in [1.54, 1.807) is 4.90 Å². The summed E-state index contributed by atoms with van der Waals surface area (Å²) in [6.07, 6.45) is 0.375. The lowest BCUT2D eigenvalue weighted by molar-refractivity contribution is -0.150. The number of benzene rings is 1. The Hall–Kier alpha value is -2.76. The number of hydrogen-bond donors (Lipinski definition) is 1. The van der Waals surface area contributed by atoms with Gasteiger partial charge >= 0.3 is 5.97 Å². The summed E-state index contributed by atoms with van der Waals surface area (Å²) >= 11 is 0. The molecule has 1 saturated heterocycles. The monoisotopic (exact) mass is 368 g/mol. The first kappa shape index (κ1) is 17.6. The quantitative estimate of drug-likeness (QED) is 0.884. The van der Waals surface area contributed by atoms with E-state index in [0.717, 1.165) is 22.7 Å². The van der Waals surface area contributed by atoms with Gasteiger partial charge in [-0.1, -0.05) is 18.2 Å². The second kappa shape index (κ2) is 6.15. The Morgan fingerprint density at radius 1 is 1.26 bits per heavy atom. The highest BCUT2D eigenvalue weighted by atomic mass is 16.5. The molecule has 6 heteroatoms. The van der Waals surface area contributed by atoms with Crippen LogP contribution in [0.2, 0.25) is 0 Å². The SMILES string of the molecule is Cc1cc(C(=O)N2C[C@@H]3COc4ccccc4C[C@]3(C(=O)O)C2)c(C)n1C. The number of aryl methyl sites for hydroxylation is 1. The van der Waals surface area contributed by atoms with Gasteiger partial charge in [-0.15, -0.1) is 0 Å². The van der Waals surface area contributed by atoms with E-state index in [2.05, 4.69) is 0 Å². The number of aromatic nitrogens is 1. The van der Waals surface area contributed by atoms with Gasteiger partial charge in [0.1, 0.15) is 5.75 Å². The number of amides is 1. The molecule has 27 heavy (non-hydrogen) atoms. The van der Waals surface area contributed by atoms with Gasteiger partial charge in [0.25, 0.3) is 5.91 Å². The second-order valence-electron chi connectivity index (χ2n) is 7.78. The number of carbonyl (C=O) groups excluding carboxylic acids is 1. The van der Waals surface area contributed by atoms with Crippen LogP contribution in [-0.2, 0) is 18.3 Å². The predicted octanol–water partition coefficient (Wildman–Crippen LogP) is 2.42. The van der Waals surface area contributed by atoms with Gasteiger partial charge in [-0.25, -0.2) is 0 Å². The highest BCUT2D eigenvalue weighted by Crippen LogP contribution is 2.44. The van der Waals surface area contributed by atoms with Gasteiger partial charge in [0.15, 0.2) is 0 Å². The normalized spacial score (nSPS) is 24.0. The first-order valence-electron chi connectivity index (χ1n) is 9.20. The second-order valence-corrected chi connectivity index (χ2v) is 7.78. The lowest BCUT2D eigenvalue weighted by Gasteiger charge is -2.27. The molecule has 2 aliphatic heterocycles. The van der Waals surface area contributed by atoms with Crippen molar-refractivity contribution in [2.24, 2.45) is 18.4 Å². The molecule has 1 amide bonds. The van der Waals surface area contributed by atoms with Crippen LogP contribution in [0, 0.1) is 25.2 Å². The van der Waals surface area contributed by atoms with E-state index in [1.807, 2.05) is 55.8 Å². The fraction of sp³-hybridized carbons (Fsp3) is 0.429. The van der Waals surface area contributed by atoms with Gasteiger partial charge < -0.3 is 19.3 Å². The van der Waals surface area contributed by atoms with E-state index >= 15 is 0 Å². The molecule has 0 aliphatic carbocycles. The Morgan fingerprint density at radius 3 is 2.67 bits per heavy atom. The molecule has 6 nitrogen and oxygen atoms in total. The van der Waals surface area contributed by atoms with Crippen LogP contribution < -0.4 is 4.74 Å². The van der Waals surface area contributed by atoms with Crippen LogP contribution in [0.5, 0.6) is 5.75 Å². The van der Waals surface area contributed by atoms with Gasteiger partial charge in [-0.05, 0) is 38.0 Å². The minimum Gasteiger partial charge on any atom is -0.493 e. The fourth-order valence-corrected chi connectivity index (χ4v) is 4.42. The zero-order valence-corrected chi connectivity index (χ0v) is 15.9. The number of likely N-dealkylation sites (tertiary alicyclic amines) is 1. The van der Waals surface area contributed by atoms with Gasteiger partial charge in [0.2, 0.25) is 0 Å². The van der Waals surface area contributed by atoms with Crippen molar-refractivity contribution in [3.05, 3.63) is 52.8 Å². The third kappa shape index (κ3) is 2.62. The molecule has 1 aromatic heterocycles. The van der Waals surface area contributed by atoms with E-state index in [9.17, 15) is 14.7 Å². The van der Waals surface area contributed by atoms with Crippen LogP contribution in [0.1, 0.15) is 27.3 Å². The lowest BCUT2D eigenvalue weighted by atomic mass is 9.74. The third-order valence-corrected chi connectivity index (χ3v) is 6.33. The average Bonchev–Trinajstić information content (AvgIpc) is 3.08. The first-order valence-corrected chi connectivity index (χ1v) is 9.20. The summed E-state index contributed by atoms with van der Waals surface area (Å²) in [6, 6.07) is 9.46. The molecule has 1 aromatic carbocycles. The summed E-state index contributed by atoms with van der Waals surface area (Å²) in [7, 11) is 1.93. The number of rotatable bonds is 2. The molecule has 3 heterocycles. The van der Waals surface area contributed by atoms with Crippen LogP contribution in [0.25, 0.3) is 0 Å². The first-order chi connectivity index (χ1) is 12.8. The molecule has 0 spiro atoms. The molecule has 0 unspecified atom stereocenters. The van der Waals surface area contributed by atoms with E-state index < -0.39 is 11.4 Å². The third-order valence-electron chi connectivity index (χ3n) is 6.33. The maximum Gasteiger partial charge on any atom is 0.312 e. The number of carboxylic acids is 1. The highest BCUT2D eigenvalue weighted by Gasteiger charge is 2.55. The van der Waals surface area contributed by atoms with Crippen molar-refractivity contribution in [1.82, 2.24) is 9.47 Å². The Bertz CT molecular complexity index is 932. The van der Waals surface area contributed by atoms with E-state index in [-0.39, 0.29) is 18.4 Å². The van der Waals surface area contributed by atoms with Crippen LogP contribution in [0.3, 0.4) is 0 Å². The number of nitrogens with zero attached hydrogens (tertiary/aromatic N) is 2. The molecule has 4 rings (SSSR count). The van der Waals surface area contributed by atoms with Gasteiger partial charge in [0.05, 0.1) is 17.6 Å². The largest absolute Gasteiger partial charge is 0.493 e. The number of fused-ring (bicyclic) bond motifs is 2. The summed E-state index contributed by atoms with van der Waals surface area (Å²) in [5.41, 5.74) is 2.43. The molecule has 1 fully saturated rings. The average molecular weight is 368 g/mol. The number of carboxylic acid groups (broad SMARTS) is 1. The molecule has 0 saturated carbocycles. The van der Waals surface area contributed by atoms with E-state index in [4.69, 9.17) is 4.74 Å². The van der Waals surface area contributed by atoms with Crippen molar-refractivity contribution in [1.29, 1.82) is 0 Å². The minimum atomic E-state index is -1.01. The van der Waals surface area contributed by atoms with Gasteiger partial charge in [-0.2, -0.15) is 0 Å². The summed E-state index contributed by atoms with van der Waals surface area (Å²) in [6.45, 7) is 4.78. The van der Waals surface area contributed by atoms with E-state index in [1.165, 1.54) is 0 Å². The van der Waals surface area contributed by atoms with Crippen molar-refractivity contribution < 1.29 is 19.4 Å². The molecule has 2 aliphatic rings. The summed E-state index contributed by atoms with van der Waals surface area (Å²) < 4.78 is 7.89. The van der Waals surface area contributed by atoms with Crippen molar-refractivity contribution in [2.45, 2.75) is 20.3 Å². The van der Waals surface area contributed by atoms with Crippen molar-refractivity contribution >= 4 is 11.9 Å². The number of carbonyl (C=O) groups is 2. The van der Waals surface area contributed by atoms with Gasteiger partial charge in [-0.3, -0.25) is 9.59 Å². The maximum atomic E-state index is 13.2. The molecule has 2 atom stereocenters. The van der Waals surface area contributed by atoms with Crippen LogP contribution in [0.15, 0.2) is 30.3 Å². The number of aliphatic carboxylic acids is 1. The smallest absolute Gasteiger partial charge is 0.312 e. The fourth-order valence-electron chi connectivity index (χ4n) is 4.42. The number of para-hydroxylation sites is 1. The lowest BCUT2D eigenvalue weighted by Crippen LogP contribution is -2.42. The van der Waals surface area contributed by atoms with Crippen LogP contribution in [0.4, 0.5) is 0 Å². The van der Waals surface area contributed by atoms with Crippen LogP contribution in [-0.4, -0.2) is 46.1 Å². The molecule has 2 aromatic rings. The molecular formula is C21H24N2O4. The Kier molecular flexibility index (Phi) is 4.02.